The molecule has 1 aliphatic heterocycles. The lowest BCUT2D eigenvalue weighted by molar-refractivity contribution is 0.0378. The van der Waals surface area contributed by atoms with Gasteiger partial charge in [0.2, 0.25) is 5.82 Å². The Balaban J connectivity index is 1.47. The standard InChI is InChI=1S/C16H22N4O3/c1-21-14-5-2-4-13(12-14)15-18-16(23-19-15)17-6-3-7-20-8-10-22-11-9-20/h2,4-5,12H,3,6-11H2,1H3,(H,17,18,19). The van der Waals surface area contributed by atoms with Gasteiger partial charge in [0.1, 0.15) is 5.75 Å². The number of hydrogen-bond acceptors (Lipinski definition) is 7. The van der Waals surface area contributed by atoms with Gasteiger partial charge in [0.25, 0.3) is 0 Å². The quantitative estimate of drug-likeness (QED) is 0.781. The van der Waals surface area contributed by atoms with Crippen LogP contribution in [0, 0.1) is 0 Å². The second kappa shape index (κ2) is 7.94. The normalized spacial score (nSPS) is 15.5. The van der Waals surface area contributed by atoms with Gasteiger partial charge >= 0.3 is 6.01 Å². The van der Waals surface area contributed by atoms with Crippen LogP contribution in [0.25, 0.3) is 11.4 Å². The summed E-state index contributed by atoms with van der Waals surface area (Å²) in [5, 5.41) is 7.17. The van der Waals surface area contributed by atoms with E-state index < -0.39 is 0 Å². The Hall–Kier alpha value is -2.12. The minimum atomic E-state index is 0.449. The Morgan fingerprint density at radius 3 is 3.00 bits per heavy atom. The van der Waals surface area contributed by atoms with Crippen molar-refractivity contribution in [1.82, 2.24) is 15.0 Å². The summed E-state index contributed by atoms with van der Waals surface area (Å²) in [6.07, 6.45) is 1.02. The third kappa shape index (κ3) is 4.43. The molecule has 0 aliphatic carbocycles. The van der Waals surface area contributed by atoms with Gasteiger partial charge in [-0.15, -0.1) is 0 Å². The minimum Gasteiger partial charge on any atom is -0.497 e. The number of methoxy groups -OCH3 is 1. The molecular weight excluding hydrogens is 296 g/mol. The average Bonchev–Trinajstić information content (AvgIpc) is 3.09. The molecule has 0 bridgehead atoms. The molecule has 0 unspecified atom stereocenters. The lowest BCUT2D eigenvalue weighted by Crippen LogP contribution is -2.37. The van der Waals surface area contributed by atoms with Crippen molar-refractivity contribution in [1.29, 1.82) is 0 Å². The van der Waals surface area contributed by atoms with Crippen molar-refractivity contribution in [2.75, 3.05) is 51.8 Å². The van der Waals surface area contributed by atoms with Crippen molar-refractivity contribution in [3.05, 3.63) is 24.3 Å². The number of anilines is 1. The second-order valence-electron chi connectivity index (χ2n) is 5.39. The van der Waals surface area contributed by atoms with E-state index in [4.69, 9.17) is 14.0 Å². The second-order valence-corrected chi connectivity index (χ2v) is 5.39. The van der Waals surface area contributed by atoms with Crippen LogP contribution in [0.3, 0.4) is 0 Å². The predicted octanol–water partition coefficient (Wildman–Crippen LogP) is 1.88. The van der Waals surface area contributed by atoms with Crippen LogP contribution in [-0.2, 0) is 4.74 Å². The number of benzene rings is 1. The molecule has 0 saturated carbocycles. The Bertz CT molecular complexity index is 611. The first-order chi connectivity index (χ1) is 11.3. The van der Waals surface area contributed by atoms with Crippen LogP contribution in [0.5, 0.6) is 5.75 Å². The third-order valence-corrected chi connectivity index (χ3v) is 3.79. The SMILES string of the molecule is COc1cccc(-c2noc(NCCCN3CCOCC3)n2)c1. The zero-order valence-electron chi connectivity index (χ0n) is 13.3. The average molecular weight is 318 g/mol. The highest BCUT2D eigenvalue weighted by molar-refractivity contribution is 5.57. The fourth-order valence-electron chi connectivity index (χ4n) is 2.50. The fourth-order valence-corrected chi connectivity index (χ4v) is 2.50. The van der Waals surface area contributed by atoms with Crippen molar-refractivity contribution < 1.29 is 14.0 Å². The Morgan fingerprint density at radius 2 is 2.17 bits per heavy atom. The molecule has 124 valence electrons. The molecular formula is C16H22N4O3. The molecule has 7 heteroatoms. The molecule has 1 fully saturated rings. The van der Waals surface area contributed by atoms with E-state index in [-0.39, 0.29) is 0 Å². The van der Waals surface area contributed by atoms with Crippen LogP contribution in [0.1, 0.15) is 6.42 Å². The van der Waals surface area contributed by atoms with Crippen LogP contribution in [0.4, 0.5) is 6.01 Å². The van der Waals surface area contributed by atoms with Gasteiger partial charge in [0, 0.05) is 25.2 Å². The summed E-state index contributed by atoms with van der Waals surface area (Å²) in [6.45, 7) is 5.55. The van der Waals surface area contributed by atoms with Gasteiger partial charge in [-0.1, -0.05) is 17.3 Å². The third-order valence-electron chi connectivity index (χ3n) is 3.79. The van der Waals surface area contributed by atoms with Crippen LogP contribution < -0.4 is 10.1 Å². The highest BCUT2D eigenvalue weighted by atomic mass is 16.5. The van der Waals surface area contributed by atoms with Gasteiger partial charge in [0.15, 0.2) is 0 Å². The van der Waals surface area contributed by atoms with E-state index in [2.05, 4.69) is 20.4 Å². The van der Waals surface area contributed by atoms with E-state index in [9.17, 15) is 0 Å². The van der Waals surface area contributed by atoms with Crippen LogP contribution in [-0.4, -0.2) is 61.5 Å². The summed E-state index contributed by atoms with van der Waals surface area (Å²) in [5.74, 6) is 1.33. The molecule has 1 aromatic carbocycles. The van der Waals surface area contributed by atoms with E-state index in [1.807, 2.05) is 24.3 Å². The lowest BCUT2D eigenvalue weighted by atomic mass is 10.2. The molecule has 3 rings (SSSR count). The van der Waals surface area contributed by atoms with Gasteiger partial charge < -0.3 is 19.3 Å². The van der Waals surface area contributed by atoms with E-state index >= 15 is 0 Å². The number of aromatic nitrogens is 2. The molecule has 2 heterocycles. The van der Waals surface area contributed by atoms with Crippen LogP contribution in [0.15, 0.2) is 28.8 Å². The van der Waals surface area contributed by atoms with E-state index in [0.29, 0.717) is 11.8 Å². The predicted molar refractivity (Wildman–Crippen MR) is 86.7 cm³/mol. The van der Waals surface area contributed by atoms with Gasteiger partial charge in [0.05, 0.1) is 20.3 Å². The maximum Gasteiger partial charge on any atom is 0.321 e. The zero-order valence-corrected chi connectivity index (χ0v) is 13.3. The van der Waals surface area contributed by atoms with Crippen molar-refractivity contribution in [2.24, 2.45) is 0 Å². The zero-order chi connectivity index (χ0) is 15.9. The maximum absolute atomic E-state index is 5.34. The fraction of sp³-hybridized carbons (Fsp3) is 0.500. The molecule has 1 N–H and O–H groups in total. The smallest absolute Gasteiger partial charge is 0.321 e. The number of nitrogens with zero attached hydrogens (tertiary/aromatic N) is 3. The van der Waals surface area contributed by atoms with Crippen molar-refractivity contribution in [2.45, 2.75) is 6.42 Å². The Kier molecular flexibility index (Phi) is 5.44. The van der Waals surface area contributed by atoms with Gasteiger partial charge in [-0.2, -0.15) is 4.98 Å². The largest absolute Gasteiger partial charge is 0.497 e. The topological polar surface area (TPSA) is 72.7 Å². The molecule has 7 nitrogen and oxygen atoms in total. The summed E-state index contributed by atoms with van der Waals surface area (Å²) >= 11 is 0. The summed E-state index contributed by atoms with van der Waals surface area (Å²) in [6, 6.07) is 8.04. The number of ether oxygens (including phenoxy) is 2. The first-order valence-electron chi connectivity index (χ1n) is 7.87. The Labute approximate surface area is 135 Å². The summed E-state index contributed by atoms with van der Waals surface area (Å²) < 4.78 is 15.8. The van der Waals surface area contributed by atoms with Gasteiger partial charge in [-0.25, -0.2) is 0 Å². The number of rotatable bonds is 7. The lowest BCUT2D eigenvalue weighted by Gasteiger charge is -2.26. The highest BCUT2D eigenvalue weighted by Crippen LogP contribution is 2.22. The first kappa shape index (κ1) is 15.8. The van der Waals surface area contributed by atoms with E-state index in [1.54, 1.807) is 7.11 Å². The van der Waals surface area contributed by atoms with Gasteiger partial charge in [-0.3, -0.25) is 4.90 Å². The Morgan fingerprint density at radius 1 is 1.30 bits per heavy atom. The molecule has 0 radical (unpaired) electrons. The molecule has 0 atom stereocenters. The highest BCUT2D eigenvalue weighted by Gasteiger charge is 2.11. The molecule has 0 spiro atoms. The molecule has 1 aliphatic rings. The van der Waals surface area contributed by atoms with Crippen molar-refractivity contribution in [3.63, 3.8) is 0 Å². The number of nitrogens with one attached hydrogen (secondary N) is 1. The summed E-state index contributed by atoms with van der Waals surface area (Å²) in [4.78, 5) is 6.77. The van der Waals surface area contributed by atoms with Crippen molar-refractivity contribution in [3.8, 4) is 17.1 Å². The molecule has 1 aromatic heterocycles. The number of morpholine rings is 1. The summed E-state index contributed by atoms with van der Waals surface area (Å²) in [5.41, 5.74) is 0.870. The molecule has 2 aromatic rings. The van der Waals surface area contributed by atoms with E-state index in [1.165, 1.54) is 0 Å². The van der Waals surface area contributed by atoms with Gasteiger partial charge in [-0.05, 0) is 25.1 Å². The summed E-state index contributed by atoms with van der Waals surface area (Å²) in [7, 11) is 1.64. The molecule has 23 heavy (non-hydrogen) atoms. The monoisotopic (exact) mass is 318 g/mol. The maximum atomic E-state index is 5.34. The van der Waals surface area contributed by atoms with E-state index in [0.717, 1.165) is 57.1 Å². The molecule has 0 amide bonds. The van der Waals surface area contributed by atoms with Crippen LogP contribution in [0.2, 0.25) is 0 Å². The first-order valence-corrected chi connectivity index (χ1v) is 7.87. The molecule has 1 saturated heterocycles. The number of hydrogen-bond donors (Lipinski definition) is 1. The minimum absolute atomic E-state index is 0.449. The van der Waals surface area contributed by atoms with Crippen molar-refractivity contribution >= 4 is 6.01 Å². The van der Waals surface area contributed by atoms with Crippen LogP contribution >= 0.6 is 0 Å².